The van der Waals surface area contributed by atoms with Crippen LogP contribution in [0.5, 0.6) is 0 Å². The van der Waals surface area contributed by atoms with Gasteiger partial charge in [-0.15, -0.1) is 0 Å². The Labute approximate surface area is 388 Å². The molecule has 0 bridgehead atoms. The Morgan fingerprint density at radius 2 is 0.672 bits per heavy atom. The van der Waals surface area contributed by atoms with Crippen molar-refractivity contribution in [1.29, 1.82) is 0 Å². The van der Waals surface area contributed by atoms with Crippen LogP contribution in [0.1, 0.15) is 22.3 Å². The summed E-state index contributed by atoms with van der Waals surface area (Å²) in [5.41, 5.74) is 17.8. The number of benzene rings is 13. The maximum Gasteiger partial charge on any atom is 0.0737 e. The molecule has 0 fully saturated rings. The van der Waals surface area contributed by atoms with Crippen molar-refractivity contribution in [3.8, 4) is 55.6 Å². The molecule has 13 aromatic carbocycles. The molecule has 2 aliphatic rings. The van der Waals surface area contributed by atoms with Gasteiger partial charge in [-0.05, 0) is 161 Å². The predicted molar refractivity (Wildman–Crippen MR) is 284 cm³/mol. The van der Waals surface area contributed by atoms with E-state index in [0.29, 0.717) is 0 Å². The van der Waals surface area contributed by atoms with E-state index < -0.39 is 5.41 Å². The summed E-state index contributed by atoms with van der Waals surface area (Å²) in [5, 5.41) is 15.3. The molecule has 13 aromatic rings. The van der Waals surface area contributed by atoms with E-state index in [1.807, 2.05) is 0 Å². The Kier molecular flexibility index (Phi) is 7.52. The van der Waals surface area contributed by atoms with Crippen molar-refractivity contribution in [1.82, 2.24) is 0 Å². The fraction of sp³-hybridized carbons (Fsp3) is 0.0149. The van der Waals surface area contributed by atoms with Crippen LogP contribution < -0.4 is 0 Å². The third kappa shape index (κ3) is 4.92. The summed E-state index contributed by atoms with van der Waals surface area (Å²) in [6.45, 7) is 0. The normalized spacial score (nSPS) is 13.2. The van der Waals surface area contributed by atoms with Crippen molar-refractivity contribution >= 4 is 64.6 Å². The third-order valence-electron chi connectivity index (χ3n) is 15.4. The standard InChI is InChI=1S/C67H40/c1-2-16-41(17-3-1)43-30-31-45-39-46(33-32-44(45)38-43)62-53-24-8-10-26-55(53)63(56-27-11-9-25-54(56)62)47-35-36-57-59(40-47)49-20-6-7-23-52(49)64-58-37-34-42-18-4-5-19-48(42)65(58)67(66(57)64)60-28-14-12-21-50(60)51-22-13-15-29-61(51)67/h1-40H. The van der Waals surface area contributed by atoms with Crippen molar-refractivity contribution in [3.63, 3.8) is 0 Å². The first kappa shape index (κ1) is 36.7. The Morgan fingerprint density at radius 1 is 0.209 bits per heavy atom. The lowest BCUT2D eigenvalue weighted by Gasteiger charge is -2.32. The van der Waals surface area contributed by atoms with Gasteiger partial charge >= 0.3 is 0 Å². The maximum absolute atomic E-state index is 2.52. The molecule has 0 heterocycles. The van der Waals surface area contributed by atoms with Gasteiger partial charge in [-0.1, -0.05) is 224 Å². The molecular formula is C67H40. The predicted octanol–water partition coefficient (Wildman–Crippen LogP) is 18.0. The zero-order valence-electron chi connectivity index (χ0n) is 36.6. The minimum atomic E-state index is -0.507. The molecule has 0 aromatic heterocycles. The van der Waals surface area contributed by atoms with E-state index in [-0.39, 0.29) is 0 Å². The van der Waals surface area contributed by atoms with Gasteiger partial charge in [0.25, 0.3) is 0 Å². The van der Waals surface area contributed by atoms with Gasteiger partial charge in [0, 0.05) is 0 Å². The van der Waals surface area contributed by atoms with Crippen LogP contribution in [0, 0.1) is 0 Å². The lowest BCUT2D eigenvalue weighted by atomic mass is 9.68. The molecule has 0 saturated carbocycles. The van der Waals surface area contributed by atoms with Crippen LogP contribution in [-0.4, -0.2) is 0 Å². The Balaban J connectivity index is 1.01. The number of hydrogen-bond donors (Lipinski definition) is 0. The summed E-state index contributed by atoms with van der Waals surface area (Å²) >= 11 is 0. The van der Waals surface area contributed by atoms with E-state index in [4.69, 9.17) is 0 Å². The van der Waals surface area contributed by atoms with Crippen molar-refractivity contribution < 1.29 is 0 Å². The molecule has 67 heavy (non-hydrogen) atoms. The van der Waals surface area contributed by atoms with Gasteiger partial charge in [0.05, 0.1) is 5.41 Å². The third-order valence-corrected chi connectivity index (χ3v) is 15.4. The highest BCUT2D eigenvalue weighted by atomic mass is 14.5. The van der Waals surface area contributed by atoms with E-state index >= 15 is 0 Å². The molecule has 0 aliphatic heterocycles. The quantitative estimate of drug-likeness (QED) is 0.123. The number of fused-ring (bicyclic) bond motifs is 20. The molecule has 0 saturated heterocycles. The molecular weight excluding hydrogens is 805 g/mol. The molecule has 0 radical (unpaired) electrons. The molecule has 0 amide bonds. The van der Waals surface area contributed by atoms with Crippen LogP contribution in [0.25, 0.3) is 120 Å². The maximum atomic E-state index is 2.52. The minimum absolute atomic E-state index is 0.507. The van der Waals surface area contributed by atoms with Crippen LogP contribution in [-0.2, 0) is 5.41 Å². The zero-order chi connectivity index (χ0) is 43.8. The van der Waals surface area contributed by atoms with Crippen LogP contribution in [0.2, 0.25) is 0 Å². The monoisotopic (exact) mass is 844 g/mol. The van der Waals surface area contributed by atoms with Crippen LogP contribution in [0.15, 0.2) is 243 Å². The summed E-state index contributed by atoms with van der Waals surface area (Å²) in [5.74, 6) is 0. The second-order valence-electron chi connectivity index (χ2n) is 18.6. The summed E-state index contributed by atoms with van der Waals surface area (Å²) in [4.78, 5) is 0. The minimum Gasteiger partial charge on any atom is -0.0622 e. The van der Waals surface area contributed by atoms with Crippen LogP contribution >= 0.6 is 0 Å². The number of hydrogen-bond acceptors (Lipinski definition) is 0. The highest BCUT2D eigenvalue weighted by molar-refractivity contribution is 6.25. The molecule has 308 valence electrons. The largest absolute Gasteiger partial charge is 0.0737 e. The average molecular weight is 845 g/mol. The first-order valence-corrected chi connectivity index (χ1v) is 23.5. The zero-order valence-corrected chi connectivity index (χ0v) is 36.6. The number of rotatable bonds is 3. The summed E-state index contributed by atoms with van der Waals surface area (Å²) in [6.07, 6.45) is 0. The van der Waals surface area contributed by atoms with Gasteiger partial charge in [-0.25, -0.2) is 0 Å². The molecule has 1 spiro atoms. The van der Waals surface area contributed by atoms with E-state index in [0.717, 1.165) is 0 Å². The molecule has 0 N–H and O–H groups in total. The SMILES string of the molecule is c1ccc(-c2ccc3cc(-c4c5ccccc5c(-c5ccc6c7c(c8ccccc8c6c5)-c5ccc6ccccc6c5C75c6ccccc6-c6ccccc65)c5ccccc45)ccc3c2)cc1. The second kappa shape index (κ2) is 13.7. The molecule has 0 nitrogen and oxygen atoms in total. The molecule has 15 rings (SSSR count). The molecule has 2 aliphatic carbocycles. The first-order chi connectivity index (χ1) is 33.3. The second-order valence-corrected chi connectivity index (χ2v) is 18.6. The Morgan fingerprint density at radius 3 is 1.31 bits per heavy atom. The smallest absolute Gasteiger partial charge is 0.0622 e. The van der Waals surface area contributed by atoms with E-state index in [2.05, 4.69) is 243 Å². The summed E-state index contributed by atoms with van der Waals surface area (Å²) < 4.78 is 0. The van der Waals surface area contributed by atoms with Gasteiger partial charge in [-0.2, -0.15) is 0 Å². The highest BCUT2D eigenvalue weighted by Crippen LogP contribution is 2.66. The average Bonchev–Trinajstić information content (AvgIpc) is 3.88. The van der Waals surface area contributed by atoms with E-state index in [1.54, 1.807) is 0 Å². The summed E-state index contributed by atoms with van der Waals surface area (Å²) in [6, 6.07) is 91.5. The fourth-order valence-corrected chi connectivity index (χ4v) is 12.8. The topological polar surface area (TPSA) is 0 Å². The Hall–Kier alpha value is -8.58. The highest BCUT2D eigenvalue weighted by Gasteiger charge is 2.53. The van der Waals surface area contributed by atoms with Crippen molar-refractivity contribution in [3.05, 3.63) is 265 Å². The Bertz CT molecular complexity index is 4160. The van der Waals surface area contributed by atoms with Gasteiger partial charge in [-0.3, -0.25) is 0 Å². The first-order valence-electron chi connectivity index (χ1n) is 23.5. The van der Waals surface area contributed by atoms with Crippen molar-refractivity contribution in [2.75, 3.05) is 0 Å². The molecule has 0 heteroatoms. The van der Waals surface area contributed by atoms with Gasteiger partial charge in [0.2, 0.25) is 0 Å². The van der Waals surface area contributed by atoms with E-state index in [1.165, 1.54) is 143 Å². The van der Waals surface area contributed by atoms with E-state index in [9.17, 15) is 0 Å². The van der Waals surface area contributed by atoms with Crippen molar-refractivity contribution in [2.45, 2.75) is 5.41 Å². The lowest BCUT2D eigenvalue weighted by Crippen LogP contribution is -2.26. The fourth-order valence-electron chi connectivity index (χ4n) is 12.8. The van der Waals surface area contributed by atoms with Gasteiger partial charge < -0.3 is 0 Å². The van der Waals surface area contributed by atoms with Gasteiger partial charge in [0.15, 0.2) is 0 Å². The molecule has 0 unspecified atom stereocenters. The van der Waals surface area contributed by atoms with Gasteiger partial charge in [0.1, 0.15) is 0 Å². The van der Waals surface area contributed by atoms with Crippen LogP contribution in [0.4, 0.5) is 0 Å². The van der Waals surface area contributed by atoms with Crippen LogP contribution in [0.3, 0.4) is 0 Å². The summed E-state index contributed by atoms with van der Waals surface area (Å²) in [7, 11) is 0. The molecule has 0 atom stereocenters. The lowest BCUT2D eigenvalue weighted by molar-refractivity contribution is 0.809. The van der Waals surface area contributed by atoms with Crippen molar-refractivity contribution in [2.24, 2.45) is 0 Å².